The van der Waals surface area contributed by atoms with E-state index < -0.39 is 5.91 Å². The Labute approximate surface area is 184 Å². The quantitative estimate of drug-likeness (QED) is 0.370. The normalized spacial score (nSPS) is 11.1. The highest BCUT2D eigenvalue weighted by atomic mass is 79.9. The molecule has 30 heavy (non-hydrogen) atoms. The Kier molecular flexibility index (Phi) is 6.76. The molecular formula is C24H22BrN3O2. The van der Waals surface area contributed by atoms with Crippen LogP contribution in [-0.2, 0) is 4.79 Å². The van der Waals surface area contributed by atoms with Crippen molar-refractivity contribution in [1.82, 2.24) is 4.57 Å². The van der Waals surface area contributed by atoms with E-state index in [0.717, 1.165) is 27.1 Å². The molecule has 6 heteroatoms. The summed E-state index contributed by atoms with van der Waals surface area (Å²) in [6.07, 6.45) is 1.62. The number of amides is 1. The van der Waals surface area contributed by atoms with Gasteiger partial charge in [0.1, 0.15) is 17.4 Å². The van der Waals surface area contributed by atoms with E-state index in [9.17, 15) is 10.1 Å². The molecule has 0 aliphatic carbocycles. The lowest BCUT2D eigenvalue weighted by atomic mass is 10.1. The standard InChI is InChI=1S/C24H22BrN3O2/c1-4-30-21-12-8-9-19(14-21)27-24(29)18(15-26)13-22-16(2)28(17(3)23(22)25)20-10-6-5-7-11-20/h5-14H,4H2,1-3H3,(H,27,29)/b18-13-. The van der Waals surface area contributed by atoms with Gasteiger partial charge in [-0.2, -0.15) is 5.26 Å². The van der Waals surface area contributed by atoms with Gasteiger partial charge in [-0.25, -0.2) is 0 Å². The first-order chi connectivity index (χ1) is 14.5. The highest BCUT2D eigenvalue weighted by molar-refractivity contribution is 9.10. The van der Waals surface area contributed by atoms with Crippen LogP contribution in [0.1, 0.15) is 23.9 Å². The molecule has 1 aromatic heterocycles. The highest BCUT2D eigenvalue weighted by Gasteiger charge is 2.18. The maximum Gasteiger partial charge on any atom is 0.266 e. The predicted octanol–water partition coefficient (Wildman–Crippen LogP) is 5.80. The van der Waals surface area contributed by atoms with Crippen molar-refractivity contribution in [3.05, 3.63) is 81.6 Å². The van der Waals surface area contributed by atoms with Crippen LogP contribution >= 0.6 is 15.9 Å². The molecule has 0 saturated carbocycles. The lowest BCUT2D eigenvalue weighted by molar-refractivity contribution is -0.112. The van der Waals surface area contributed by atoms with E-state index in [2.05, 4.69) is 25.8 Å². The van der Waals surface area contributed by atoms with Gasteiger partial charge < -0.3 is 14.6 Å². The maximum absolute atomic E-state index is 12.7. The molecule has 2 aromatic carbocycles. The van der Waals surface area contributed by atoms with Crippen LogP contribution in [0.2, 0.25) is 0 Å². The van der Waals surface area contributed by atoms with Gasteiger partial charge in [0, 0.05) is 38.9 Å². The minimum atomic E-state index is -0.470. The van der Waals surface area contributed by atoms with Crippen LogP contribution in [0.4, 0.5) is 5.69 Å². The average molecular weight is 464 g/mol. The fraction of sp³-hybridized carbons (Fsp3) is 0.167. The van der Waals surface area contributed by atoms with E-state index in [4.69, 9.17) is 4.74 Å². The first kappa shape index (κ1) is 21.4. The molecule has 0 spiro atoms. The number of aromatic nitrogens is 1. The van der Waals surface area contributed by atoms with Gasteiger partial charge in [0.15, 0.2) is 0 Å². The number of carbonyl (C=O) groups excluding carboxylic acids is 1. The first-order valence-electron chi connectivity index (χ1n) is 9.55. The maximum atomic E-state index is 12.7. The van der Waals surface area contributed by atoms with E-state index in [0.29, 0.717) is 18.0 Å². The third kappa shape index (κ3) is 4.47. The number of hydrogen-bond acceptors (Lipinski definition) is 3. The molecular weight excluding hydrogens is 442 g/mol. The summed E-state index contributed by atoms with van der Waals surface area (Å²) in [7, 11) is 0. The van der Waals surface area contributed by atoms with Gasteiger partial charge >= 0.3 is 0 Å². The summed E-state index contributed by atoms with van der Waals surface area (Å²) < 4.78 is 8.40. The summed E-state index contributed by atoms with van der Waals surface area (Å²) in [5.74, 6) is 0.189. The number of halogens is 1. The second-order valence-corrected chi connectivity index (χ2v) is 7.45. The van der Waals surface area contributed by atoms with Crippen molar-refractivity contribution < 1.29 is 9.53 Å². The molecule has 0 fully saturated rings. The molecule has 5 nitrogen and oxygen atoms in total. The van der Waals surface area contributed by atoms with Gasteiger partial charge in [0.2, 0.25) is 0 Å². The summed E-state index contributed by atoms with van der Waals surface area (Å²) in [5, 5.41) is 12.4. The fourth-order valence-electron chi connectivity index (χ4n) is 3.28. The molecule has 0 aliphatic rings. The molecule has 0 aliphatic heterocycles. The monoisotopic (exact) mass is 463 g/mol. The minimum Gasteiger partial charge on any atom is -0.494 e. The zero-order valence-electron chi connectivity index (χ0n) is 17.1. The van der Waals surface area contributed by atoms with Crippen molar-refractivity contribution in [3.8, 4) is 17.5 Å². The third-order valence-corrected chi connectivity index (χ3v) is 5.69. The van der Waals surface area contributed by atoms with Crippen LogP contribution in [0.5, 0.6) is 5.75 Å². The molecule has 0 saturated heterocycles. The summed E-state index contributed by atoms with van der Waals surface area (Å²) in [6.45, 7) is 6.39. The number of carbonyl (C=O) groups is 1. The van der Waals surface area contributed by atoms with Crippen molar-refractivity contribution in [2.24, 2.45) is 0 Å². The molecule has 1 amide bonds. The molecule has 0 bridgehead atoms. The van der Waals surface area contributed by atoms with Crippen molar-refractivity contribution in [3.63, 3.8) is 0 Å². The summed E-state index contributed by atoms with van der Waals surface area (Å²) in [6, 6.07) is 19.1. The molecule has 0 radical (unpaired) electrons. The summed E-state index contributed by atoms with van der Waals surface area (Å²) in [4.78, 5) is 12.7. The molecule has 1 N–H and O–H groups in total. The molecule has 152 valence electrons. The average Bonchev–Trinajstić information content (AvgIpc) is 2.95. The van der Waals surface area contributed by atoms with Crippen LogP contribution in [0.3, 0.4) is 0 Å². The minimum absolute atomic E-state index is 0.0193. The number of anilines is 1. The van der Waals surface area contributed by atoms with Crippen LogP contribution < -0.4 is 10.1 Å². The lowest BCUT2D eigenvalue weighted by Gasteiger charge is -2.09. The van der Waals surface area contributed by atoms with Crippen LogP contribution in [0.15, 0.2) is 64.6 Å². The van der Waals surface area contributed by atoms with Crippen molar-refractivity contribution >= 4 is 33.6 Å². The zero-order valence-corrected chi connectivity index (χ0v) is 18.7. The number of nitrogens with one attached hydrogen (secondary N) is 1. The molecule has 0 atom stereocenters. The Morgan fingerprint density at radius 2 is 1.90 bits per heavy atom. The van der Waals surface area contributed by atoms with Gasteiger partial charge in [-0.05, 0) is 67.0 Å². The van der Waals surface area contributed by atoms with E-state index >= 15 is 0 Å². The van der Waals surface area contributed by atoms with Gasteiger partial charge in [0.25, 0.3) is 5.91 Å². The van der Waals surface area contributed by atoms with E-state index in [1.807, 2.05) is 63.2 Å². The number of hydrogen-bond donors (Lipinski definition) is 1. The van der Waals surface area contributed by atoms with Gasteiger partial charge in [-0.1, -0.05) is 24.3 Å². The Morgan fingerprint density at radius 1 is 1.17 bits per heavy atom. The van der Waals surface area contributed by atoms with Crippen LogP contribution in [0, 0.1) is 25.2 Å². The Morgan fingerprint density at radius 3 is 2.57 bits per heavy atom. The SMILES string of the molecule is CCOc1cccc(NC(=O)/C(C#N)=C\c2c(Br)c(C)n(-c3ccccc3)c2C)c1. The van der Waals surface area contributed by atoms with E-state index in [1.165, 1.54) is 0 Å². The Bertz CT molecular complexity index is 1140. The van der Waals surface area contributed by atoms with Gasteiger partial charge in [-0.15, -0.1) is 0 Å². The van der Waals surface area contributed by atoms with Gasteiger partial charge in [-0.3, -0.25) is 4.79 Å². The number of rotatable bonds is 6. The topological polar surface area (TPSA) is 67.0 Å². The summed E-state index contributed by atoms with van der Waals surface area (Å²) in [5.41, 5.74) is 4.33. The molecule has 3 aromatic rings. The molecule has 0 unspecified atom stereocenters. The number of para-hydroxylation sites is 1. The second kappa shape index (κ2) is 9.47. The lowest BCUT2D eigenvalue weighted by Crippen LogP contribution is -2.13. The smallest absolute Gasteiger partial charge is 0.266 e. The van der Waals surface area contributed by atoms with E-state index in [-0.39, 0.29) is 5.57 Å². The van der Waals surface area contributed by atoms with Crippen LogP contribution in [-0.4, -0.2) is 17.1 Å². The summed E-state index contributed by atoms with van der Waals surface area (Å²) >= 11 is 3.63. The third-order valence-electron chi connectivity index (χ3n) is 4.69. The molecule has 3 rings (SSSR count). The van der Waals surface area contributed by atoms with Crippen LogP contribution in [0.25, 0.3) is 11.8 Å². The Balaban J connectivity index is 1.94. The second-order valence-electron chi connectivity index (χ2n) is 6.65. The van der Waals surface area contributed by atoms with Crippen molar-refractivity contribution in [2.75, 3.05) is 11.9 Å². The number of benzene rings is 2. The zero-order chi connectivity index (χ0) is 21.7. The number of nitriles is 1. The van der Waals surface area contributed by atoms with Gasteiger partial charge in [0.05, 0.1) is 6.61 Å². The number of ether oxygens (including phenoxy) is 1. The Hall–Kier alpha value is -3.30. The van der Waals surface area contributed by atoms with Crippen molar-refractivity contribution in [2.45, 2.75) is 20.8 Å². The first-order valence-corrected chi connectivity index (χ1v) is 10.3. The number of nitrogens with zero attached hydrogens (tertiary/aromatic N) is 2. The van der Waals surface area contributed by atoms with E-state index in [1.54, 1.807) is 24.3 Å². The molecule has 1 heterocycles. The predicted molar refractivity (Wildman–Crippen MR) is 123 cm³/mol. The fourth-order valence-corrected chi connectivity index (χ4v) is 3.86. The van der Waals surface area contributed by atoms with Crippen molar-refractivity contribution in [1.29, 1.82) is 5.26 Å². The largest absolute Gasteiger partial charge is 0.494 e. The highest BCUT2D eigenvalue weighted by Crippen LogP contribution is 2.32.